The molecular formula is C12H15N3O3. The number of nitrogens with one attached hydrogen (secondary N) is 2. The van der Waals surface area contributed by atoms with Crippen molar-refractivity contribution in [1.82, 2.24) is 15.5 Å². The third kappa shape index (κ3) is 1.98. The summed E-state index contributed by atoms with van der Waals surface area (Å²) < 4.78 is 0. The van der Waals surface area contributed by atoms with Gasteiger partial charge in [-0.05, 0) is 30.7 Å². The van der Waals surface area contributed by atoms with Gasteiger partial charge in [-0.15, -0.1) is 0 Å². The van der Waals surface area contributed by atoms with E-state index in [0.29, 0.717) is 12.3 Å². The predicted molar refractivity (Wildman–Crippen MR) is 61.6 cm³/mol. The smallest absolute Gasteiger partial charge is 0.306 e. The summed E-state index contributed by atoms with van der Waals surface area (Å²) in [6.07, 6.45) is 3.38. The van der Waals surface area contributed by atoms with E-state index in [2.05, 4.69) is 15.5 Å². The second-order valence-electron chi connectivity index (χ2n) is 5.18. The fourth-order valence-corrected chi connectivity index (χ4v) is 3.05. The highest BCUT2D eigenvalue weighted by atomic mass is 16.4. The van der Waals surface area contributed by atoms with Gasteiger partial charge in [-0.1, -0.05) is 0 Å². The summed E-state index contributed by atoms with van der Waals surface area (Å²) in [5.41, 5.74) is 0.771. The molecule has 1 amide bonds. The normalized spacial score (nSPS) is 32.9. The van der Waals surface area contributed by atoms with Crippen molar-refractivity contribution in [3.05, 3.63) is 18.0 Å². The molecule has 1 aromatic heterocycles. The number of carbonyl (C=O) groups is 2. The topological polar surface area (TPSA) is 95.1 Å². The molecule has 6 nitrogen and oxygen atoms in total. The molecule has 2 aliphatic carbocycles. The lowest BCUT2D eigenvalue weighted by molar-refractivity contribution is -0.142. The molecule has 4 atom stereocenters. The first kappa shape index (κ1) is 11.3. The molecule has 2 saturated carbocycles. The first-order chi connectivity index (χ1) is 8.65. The van der Waals surface area contributed by atoms with Crippen LogP contribution in [0.2, 0.25) is 0 Å². The number of carboxylic acid groups (broad SMARTS) is 1. The fraction of sp³-hybridized carbons (Fsp3) is 0.583. The van der Waals surface area contributed by atoms with Gasteiger partial charge >= 0.3 is 5.97 Å². The molecule has 6 heteroatoms. The Bertz CT molecular complexity index is 471. The summed E-state index contributed by atoms with van der Waals surface area (Å²) in [5, 5.41) is 18.5. The Kier molecular flexibility index (Phi) is 2.57. The fourth-order valence-electron chi connectivity index (χ4n) is 3.05. The van der Waals surface area contributed by atoms with Gasteiger partial charge in [0.15, 0.2) is 0 Å². The van der Waals surface area contributed by atoms with E-state index in [1.807, 2.05) is 0 Å². The van der Waals surface area contributed by atoms with Crippen molar-refractivity contribution in [2.24, 2.45) is 17.8 Å². The van der Waals surface area contributed by atoms with Crippen molar-refractivity contribution in [2.45, 2.75) is 25.3 Å². The van der Waals surface area contributed by atoms with Gasteiger partial charge in [-0.2, -0.15) is 5.10 Å². The monoisotopic (exact) mass is 249 g/mol. The highest BCUT2D eigenvalue weighted by Crippen LogP contribution is 2.55. The van der Waals surface area contributed by atoms with E-state index >= 15 is 0 Å². The average molecular weight is 249 g/mol. The number of carboxylic acids is 1. The second kappa shape index (κ2) is 4.12. The van der Waals surface area contributed by atoms with Crippen LogP contribution in [-0.4, -0.2) is 33.2 Å². The number of aromatic amines is 1. The Morgan fingerprint density at radius 1 is 1.44 bits per heavy atom. The zero-order chi connectivity index (χ0) is 12.7. The summed E-state index contributed by atoms with van der Waals surface area (Å²) in [7, 11) is 0. The summed E-state index contributed by atoms with van der Waals surface area (Å²) in [5.74, 6) is -0.419. The summed E-state index contributed by atoms with van der Waals surface area (Å²) in [4.78, 5) is 22.8. The Morgan fingerprint density at radius 3 is 2.89 bits per heavy atom. The average Bonchev–Trinajstić information content (AvgIpc) is 2.77. The van der Waals surface area contributed by atoms with E-state index in [1.54, 1.807) is 12.3 Å². The van der Waals surface area contributed by atoms with E-state index in [4.69, 9.17) is 5.11 Å². The molecular weight excluding hydrogens is 234 g/mol. The third-order valence-corrected chi connectivity index (χ3v) is 4.01. The van der Waals surface area contributed by atoms with Gasteiger partial charge in [0.2, 0.25) is 5.91 Å². The molecule has 0 radical (unpaired) electrons. The molecule has 0 aliphatic heterocycles. The predicted octanol–water partition coefficient (Wildman–Crippen LogP) is 0.178. The van der Waals surface area contributed by atoms with Crippen LogP contribution in [0.15, 0.2) is 12.3 Å². The number of fused-ring (bicyclic) bond motifs is 1. The number of nitrogens with zero attached hydrogens (tertiary/aromatic N) is 1. The summed E-state index contributed by atoms with van der Waals surface area (Å²) in [6.45, 7) is 0. The van der Waals surface area contributed by atoms with Gasteiger partial charge in [-0.25, -0.2) is 0 Å². The van der Waals surface area contributed by atoms with Crippen molar-refractivity contribution in [2.75, 3.05) is 0 Å². The number of aromatic nitrogens is 2. The largest absolute Gasteiger partial charge is 0.481 e. The van der Waals surface area contributed by atoms with E-state index < -0.39 is 5.97 Å². The van der Waals surface area contributed by atoms with Crippen LogP contribution in [0.4, 0.5) is 0 Å². The van der Waals surface area contributed by atoms with Crippen LogP contribution >= 0.6 is 0 Å². The Labute approximate surface area is 104 Å². The number of amides is 1. The maximum Gasteiger partial charge on any atom is 0.306 e. The van der Waals surface area contributed by atoms with Crippen molar-refractivity contribution < 1.29 is 14.7 Å². The minimum absolute atomic E-state index is 0.0338. The number of rotatable bonds is 4. The van der Waals surface area contributed by atoms with Crippen LogP contribution in [0.25, 0.3) is 0 Å². The van der Waals surface area contributed by atoms with Crippen LogP contribution < -0.4 is 5.32 Å². The van der Waals surface area contributed by atoms with Gasteiger partial charge < -0.3 is 10.4 Å². The molecule has 0 bridgehead atoms. The standard InChI is InChI=1S/C12H15N3O3/c16-11(3-6-1-2-13-15-6)14-10-5-9(12(17)18)7-4-8(7)10/h1-2,7-10H,3-5H2,(H,13,15)(H,14,16)(H,17,18)/t7-,8+,9-,10+/m1/s1. The van der Waals surface area contributed by atoms with Crippen molar-refractivity contribution >= 4 is 11.9 Å². The molecule has 0 saturated heterocycles. The lowest BCUT2D eigenvalue weighted by Crippen LogP contribution is -2.37. The number of H-pyrrole nitrogens is 1. The lowest BCUT2D eigenvalue weighted by Gasteiger charge is -2.15. The van der Waals surface area contributed by atoms with Crippen LogP contribution in [-0.2, 0) is 16.0 Å². The van der Waals surface area contributed by atoms with Crippen LogP contribution in [0, 0.1) is 17.8 Å². The minimum atomic E-state index is -0.729. The Hall–Kier alpha value is -1.85. The highest BCUT2D eigenvalue weighted by Gasteiger charge is 2.57. The number of hydrogen-bond acceptors (Lipinski definition) is 3. The molecule has 0 unspecified atom stereocenters. The number of aliphatic carboxylic acids is 1. The minimum Gasteiger partial charge on any atom is -0.481 e. The Balaban J connectivity index is 1.55. The van der Waals surface area contributed by atoms with Crippen molar-refractivity contribution in [3.8, 4) is 0 Å². The SMILES string of the molecule is O=C(Cc1ccn[nH]1)N[C@H]1C[C@@H](C(=O)O)[C@@H]2C[C@@H]21. The van der Waals surface area contributed by atoms with Gasteiger partial charge in [0.1, 0.15) is 0 Å². The first-order valence-corrected chi connectivity index (χ1v) is 6.15. The molecule has 0 aromatic carbocycles. The molecule has 1 heterocycles. The van der Waals surface area contributed by atoms with Gasteiger partial charge in [0, 0.05) is 17.9 Å². The summed E-state index contributed by atoms with van der Waals surface area (Å²) >= 11 is 0. The maximum atomic E-state index is 11.8. The van der Waals surface area contributed by atoms with Crippen LogP contribution in [0.5, 0.6) is 0 Å². The van der Waals surface area contributed by atoms with E-state index in [-0.39, 0.29) is 30.2 Å². The number of carbonyl (C=O) groups excluding carboxylic acids is 1. The molecule has 3 N–H and O–H groups in total. The van der Waals surface area contributed by atoms with E-state index in [1.165, 1.54) is 0 Å². The molecule has 3 rings (SSSR count). The van der Waals surface area contributed by atoms with Gasteiger partial charge in [-0.3, -0.25) is 14.7 Å². The van der Waals surface area contributed by atoms with Crippen molar-refractivity contribution in [1.29, 1.82) is 0 Å². The lowest BCUT2D eigenvalue weighted by atomic mass is 10.0. The molecule has 1 aromatic rings. The molecule has 2 aliphatic rings. The third-order valence-electron chi connectivity index (χ3n) is 4.01. The Morgan fingerprint density at radius 2 is 2.28 bits per heavy atom. The zero-order valence-electron chi connectivity index (χ0n) is 9.80. The summed E-state index contributed by atoms with van der Waals surface area (Å²) in [6, 6.07) is 1.79. The van der Waals surface area contributed by atoms with Gasteiger partial charge in [0.05, 0.1) is 12.3 Å². The van der Waals surface area contributed by atoms with Crippen LogP contribution in [0.3, 0.4) is 0 Å². The van der Waals surface area contributed by atoms with Crippen molar-refractivity contribution in [3.63, 3.8) is 0 Å². The van der Waals surface area contributed by atoms with E-state index in [9.17, 15) is 9.59 Å². The first-order valence-electron chi connectivity index (χ1n) is 6.15. The van der Waals surface area contributed by atoms with E-state index in [0.717, 1.165) is 12.1 Å². The van der Waals surface area contributed by atoms with Gasteiger partial charge in [0.25, 0.3) is 0 Å². The molecule has 0 spiro atoms. The highest BCUT2D eigenvalue weighted by molar-refractivity contribution is 5.79. The van der Waals surface area contributed by atoms with Crippen LogP contribution in [0.1, 0.15) is 18.5 Å². The number of hydrogen-bond donors (Lipinski definition) is 3. The quantitative estimate of drug-likeness (QED) is 0.709. The maximum absolute atomic E-state index is 11.8. The molecule has 96 valence electrons. The zero-order valence-corrected chi connectivity index (χ0v) is 9.80. The second-order valence-corrected chi connectivity index (χ2v) is 5.18. The molecule has 18 heavy (non-hydrogen) atoms. The molecule has 2 fully saturated rings.